The van der Waals surface area contributed by atoms with Crippen LogP contribution in [0.2, 0.25) is 0 Å². The van der Waals surface area contributed by atoms with Crippen molar-refractivity contribution in [3.8, 4) is 17.2 Å². The molecule has 1 N–H and O–H groups in total. The highest BCUT2D eigenvalue weighted by Gasteiger charge is 2.15. The third-order valence-electron chi connectivity index (χ3n) is 2.98. The summed E-state index contributed by atoms with van der Waals surface area (Å²) in [5, 5.41) is 9.29. The summed E-state index contributed by atoms with van der Waals surface area (Å²) in [7, 11) is 0. The van der Waals surface area contributed by atoms with E-state index in [1.54, 1.807) is 12.2 Å². The zero-order valence-corrected chi connectivity index (χ0v) is 11.4. The van der Waals surface area contributed by atoms with Gasteiger partial charge >= 0.3 is 0 Å². The first-order valence-corrected chi connectivity index (χ1v) is 6.77. The zero-order chi connectivity index (χ0) is 14.5. The van der Waals surface area contributed by atoms with Gasteiger partial charge in [0.15, 0.2) is 0 Å². The molecule has 2 atom stereocenters. The number of ether oxygens (including phenoxy) is 3. The first-order valence-electron chi connectivity index (χ1n) is 6.77. The minimum absolute atomic E-state index is 0.246. The van der Waals surface area contributed by atoms with Crippen molar-refractivity contribution in [3.05, 3.63) is 66.7 Å². The maximum absolute atomic E-state index is 9.29. The third-order valence-corrected chi connectivity index (χ3v) is 2.98. The van der Waals surface area contributed by atoms with Crippen molar-refractivity contribution >= 4 is 0 Å². The zero-order valence-electron chi connectivity index (χ0n) is 11.4. The van der Waals surface area contributed by atoms with Gasteiger partial charge in [0.2, 0.25) is 6.29 Å². The van der Waals surface area contributed by atoms with Crippen molar-refractivity contribution < 1.29 is 19.3 Å². The summed E-state index contributed by atoms with van der Waals surface area (Å²) < 4.78 is 16.7. The van der Waals surface area contributed by atoms with Crippen molar-refractivity contribution in [2.75, 3.05) is 6.61 Å². The first kappa shape index (κ1) is 13.7. The molecule has 0 radical (unpaired) electrons. The fraction of sp³-hybridized carbons (Fsp3) is 0.176. The van der Waals surface area contributed by atoms with Crippen LogP contribution in [0.25, 0.3) is 0 Å². The fourth-order valence-corrected chi connectivity index (χ4v) is 1.94. The van der Waals surface area contributed by atoms with Gasteiger partial charge in [0.25, 0.3) is 0 Å². The Hall–Kier alpha value is -2.30. The third kappa shape index (κ3) is 3.84. The van der Waals surface area contributed by atoms with Crippen molar-refractivity contribution in [2.45, 2.75) is 12.4 Å². The van der Waals surface area contributed by atoms with Crippen LogP contribution in [0.15, 0.2) is 66.7 Å². The molecule has 0 unspecified atom stereocenters. The molecule has 2 aromatic carbocycles. The SMILES string of the molecule is O[C@@H]1C=C[C@H](Oc2ccc(Oc3ccccc3)cc2)OC1. The molecule has 4 heteroatoms. The molecule has 0 fully saturated rings. The predicted octanol–water partition coefficient (Wildman–Crippen LogP) is 3.13. The quantitative estimate of drug-likeness (QED) is 0.876. The Bertz CT molecular complexity index is 592. The van der Waals surface area contributed by atoms with Gasteiger partial charge in [-0.15, -0.1) is 0 Å². The van der Waals surface area contributed by atoms with Gasteiger partial charge in [-0.05, 0) is 42.5 Å². The number of hydrogen-bond donors (Lipinski definition) is 1. The van der Waals surface area contributed by atoms with Gasteiger partial charge in [0, 0.05) is 0 Å². The largest absolute Gasteiger partial charge is 0.461 e. The van der Waals surface area contributed by atoms with Crippen molar-refractivity contribution in [1.82, 2.24) is 0 Å². The van der Waals surface area contributed by atoms with E-state index in [1.807, 2.05) is 54.6 Å². The lowest BCUT2D eigenvalue weighted by atomic mass is 10.3. The summed E-state index contributed by atoms with van der Waals surface area (Å²) in [6.07, 6.45) is 2.35. The summed E-state index contributed by atoms with van der Waals surface area (Å²) >= 11 is 0. The number of hydrogen-bond acceptors (Lipinski definition) is 4. The van der Waals surface area contributed by atoms with Crippen molar-refractivity contribution in [3.63, 3.8) is 0 Å². The smallest absolute Gasteiger partial charge is 0.219 e. The molecule has 0 aliphatic carbocycles. The summed E-state index contributed by atoms with van der Waals surface area (Å²) in [6, 6.07) is 16.9. The van der Waals surface area contributed by atoms with Gasteiger partial charge in [-0.2, -0.15) is 0 Å². The Balaban J connectivity index is 1.60. The summed E-state index contributed by atoms with van der Waals surface area (Å²) in [4.78, 5) is 0. The Morgan fingerprint density at radius 3 is 2.19 bits per heavy atom. The summed E-state index contributed by atoms with van der Waals surface area (Å²) in [5.41, 5.74) is 0. The highest BCUT2D eigenvalue weighted by molar-refractivity contribution is 5.35. The van der Waals surface area contributed by atoms with Crippen LogP contribution in [-0.2, 0) is 4.74 Å². The van der Waals surface area contributed by atoms with Crippen molar-refractivity contribution in [1.29, 1.82) is 0 Å². The molecule has 4 nitrogen and oxygen atoms in total. The Labute approximate surface area is 123 Å². The molecule has 1 aliphatic heterocycles. The lowest BCUT2D eigenvalue weighted by Gasteiger charge is -2.21. The lowest BCUT2D eigenvalue weighted by Crippen LogP contribution is -2.28. The van der Waals surface area contributed by atoms with Crippen molar-refractivity contribution in [2.24, 2.45) is 0 Å². The average molecular weight is 284 g/mol. The van der Waals surface area contributed by atoms with Gasteiger partial charge < -0.3 is 19.3 Å². The topological polar surface area (TPSA) is 47.9 Å². The summed E-state index contributed by atoms with van der Waals surface area (Å²) in [6.45, 7) is 0.246. The van der Waals surface area contributed by atoms with E-state index in [1.165, 1.54) is 0 Å². The molecule has 0 spiro atoms. The van der Waals surface area contributed by atoms with Gasteiger partial charge in [0.1, 0.15) is 17.2 Å². The van der Waals surface area contributed by atoms with E-state index >= 15 is 0 Å². The second kappa shape index (κ2) is 6.43. The molecule has 0 amide bonds. The molecule has 108 valence electrons. The van der Waals surface area contributed by atoms with Crippen LogP contribution in [0.1, 0.15) is 0 Å². The second-order valence-corrected chi connectivity index (χ2v) is 4.66. The van der Waals surface area contributed by atoms with Crippen LogP contribution in [-0.4, -0.2) is 24.1 Å². The van der Waals surface area contributed by atoms with E-state index in [2.05, 4.69) is 0 Å². The van der Waals surface area contributed by atoms with E-state index in [4.69, 9.17) is 14.2 Å². The molecule has 0 bridgehead atoms. The molecule has 1 aliphatic rings. The lowest BCUT2D eigenvalue weighted by molar-refractivity contribution is -0.0789. The fourth-order valence-electron chi connectivity index (χ4n) is 1.94. The maximum Gasteiger partial charge on any atom is 0.219 e. The van der Waals surface area contributed by atoms with E-state index < -0.39 is 12.4 Å². The number of benzene rings is 2. The van der Waals surface area contributed by atoms with Crippen LogP contribution in [0.5, 0.6) is 17.2 Å². The monoisotopic (exact) mass is 284 g/mol. The molecule has 0 aromatic heterocycles. The van der Waals surface area contributed by atoms with Gasteiger partial charge in [-0.25, -0.2) is 0 Å². The Morgan fingerprint density at radius 2 is 1.52 bits per heavy atom. The van der Waals surface area contributed by atoms with E-state index in [0.29, 0.717) is 5.75 Å². The molecule has 1 heterocycles. The minimum Gasteiger partial charge on any atom is -0.461 e. The van der Waals surface area contributed by atoms with Crippen LogP contribution in [0.4, 0.5) is 0 Å². The highest BCUT2D eigenvalue weighted by atomic mass is 16.7. The molecule has 0 saturated heterocycles. The number of para-hydroxylation sites is 1. The van der Waals surface area contributed by atoms with Crippen LogP contribution >= 0.6 is 0 Å². The molecule has 21 heavy (non-hydrogen) atoms. The van der Waals surface area contributed by atoms with Crippen LogP contribution < -0.4 is 9.47 Å². The Morgan fingerprint density at radius 1 is 0.857 bits per heavy atom. The first-order chi connectivity index (χ1) is 10.3. The van der Waals surface area contributed by atoms with Gasteiger partial charge in [-0.3, -0.25) is 0 Å². The van der Waals surface area contributed by atoms with Crippen LogP contribution in [0.3, 0.4) is 0 Å². The molecule has 0 saturated carbocycles. The van der Waals surface area contributed by atoms with Gasteiger partial charge in [0.05, 0.1) is 12.7 Å². The molecule has 3 rings (SSSR count). The number of aliphatic hydroxyl groups is 1. The van der Waals surface area contributed by atoms with E-state index in [0.717, 1.165) is 11.5 Å². The standard InChI is InChI=1S/C17H16O4/c18-13-6-11-17(19-12-13)21-16-9-7-15(8-10-16)20-14-4-2-1-3-5-14/h1-11,13,17-18H,12H2/t13-,17+/m1/s1. The number of rotatable bonds is 4. The normalized spacial score (nSPS) is 21.0. The molecular formula is C17H16O4. The summed E-state index contributed by atoms with van der Waals surface area (Å²) in [5.74, 6) is 2.21. The highest BCUT2D eigenvalue weighted by Crippen LogP contribution is 2.24. The average Bonchev–Trinajstić information content (AvgIpc) is 2.53. The number of aliphatic hydroxyl groups excluding tert-OH is 1. The minimum atomic E-state index is -0.550. The Kier molecular flexibility index (Phi) is 4.19. The predicted molar refractivity (Wildman–Crippen MR) is 78.5 cm³/mol. The van der Waals surface area contributed by atoms with E-state index in [9.17, 15) is 5.11 Å². The molecule has 2 aromatic rings. The van der Waals surface area contributed by atoms with Crippen LogP contribution in [0, 0.1) is 0 Å². The second-order valence-electron chi connectivity index (χ2n) is 4.66. The maximum atomic E-state index is 9.29. The van der Waals surface area contributed by atoms with E-state index in [-0.39, 0.29) is 6.61 Å². The molecular weight excluding hydrogens is 268 g/mol. The van der Waals surface area contributed by atoms with Gasteiger partial charge in [-0.1, -0.05) is 24.3 Å².